The summed E-state index contributed by atoms with van der Waals surface area (Å²) in [5.74, 6) is 0. The van der Waals surface area contributed by atoms with Crippen molar-refractivity contribution in [1.82, 2.24) is 9.13 Å². The maximum absolute atomic E-state index is 2.48. The van der Waals surface area contributed by atoms with Crippen LogP contribution in [0.1, 0.15) is 0 Å². The molecule has 59 heavy (non-hydrogen) atoms. The van der Waals surface area contributed by atoms with E-state index in [4.69, 9.17) is 0 Å². The zero-order valence-corrected chi connectivity index (χ0v) is 32.7. The van der Waals surface area contributed by atoms with Crippen LogP contribution in [0.4, 0.5) is 0 Å². The second kappa shape index (κ2) is 12.5. The van der Waals surface area contributed by atoms with Crippen molar-refractivity contribution in [3.8, 4) is 33.6 Å². The number of hydrogen-bond acceptors (Lipinski definition) is 1. The molecule has 2 nitrogen and oxygen atoms in total. The first kappa shape index (κ1) is 32.6. The van der Waals surface area contributed by atoms with Gasteiger partial charge < -0.3 is 9.13 Å². The van der Waals surface area contributed by atoms with Crippen LogP contribution in [0.2, 0.25) is 0 Å². The van der Waals surface area contributed by atoms with Gasteiger partial charge in [-0.1, -0.05) is 140 Å². The van der Waals surface area contributed by atoms with Crippen LogP contribution in [0.5, 0.6) is 0 Å². The maximum atomic E-state index is 2.48. The molecule has 3 heterocycles. The fraction of sp³-hybridized carbons (Fsp3) is 0. The molecule has 0 aliphatic heterocycles. The maximum Gasteiger partial charge on any atom is 0.0619 e. The molecule has 0 saturated heterocycles. The number of rotatable bonds is 4. The molecule has 13 aromatic rings. The molecule has 0 fully saturated rings. The van der Waals surface area contributed by atoms with Crippen molar-refractivity contribution in [3.05, 3.63) is 206 Å². The van der Waals surface area contributed by atoms with Gasteiger partial charge in [0.2, 0.25) is 0 Å². The highest BCUT2D eigenvalue weighted by Crippen LogP contribution is 2.43. The van der Waals surface area contributed by atoms with E-state index >= 15 is 0 Å². The summed E-state index contributed by atoms with van der Waals surface area (Å²) in [6.07, 6.45) is 0. The molecule has 0 aliphatic carbocycles. The Kier molecular flexibility index (Phi) is 6.92. The van der Waals surface area contributed by atoms with Crippen molar-refractivity contribution >= 4 is 96.7 Å². The highest BCUT2D eigenvalue weighted by Gasteiger charge is 2.19. The smallest absolute Gasteiger partial charge is 0.0619 e. The van der Waals surface area contributed by atoms with E-state index in [1.165, 1.54) is 113 Å². The minimum absolute atomic E-state index is 1.16. The number of fused-ring (bicyclic) bond motifs is 12. The first-order valence-electron chi connectivity index (χ1n) is 20.2. The van der Waals surface area contributed by atoms with Crippen LogP contribution in [0.3, 0.4) is 0 Å². The first-order valence-corrected chi connectivity index (χ1v) is 21.1. The first-order chi connectivity index (χ1) is 29.2. The largest absolute Gasteiger partial charge is 0.309 e. The molecule has 0 spiro atoms. The van der Waals surface area contributed by atoms with Gasteiger partial charge >= 0.3 is 0 Å². The predicted molar refractivity (Wildman–Crippen MR) is 254 cm³/mol. The van der Waals surface area contributed by atoms with Crippen molar-refractivity contribution in [2.24, 2.45) is 0 Å². The van der Waals surface area contributed by atoms with Gasteiger partial charge in [0.1, 0.15) is 0 Å². The monoisotopic (exact) mass is 766 g/mol. The van der Waals surface area contributed by atoms with Crippen LogP contribution >= 0.6 is 11.3 Å². The average molecular weight is 767 g/mol. The summed E-state index contributed by atoms with van der Waals surface area (Å²) in [5.41, 5.74) is 12.1. The van der Waals surface area contributed by atoms with Gasteiger partial charge in [0.05, 0.1) is 27.8 Å². The van der Waals surface area contributed by atoms with E-state index in [0.717, 1.165) is 5.69 Å². The summed E-state index contributed by atoms with van der Waals surface area (Å²) in [7, 11) is 0. The second-order valence-electron chi connectivity index (χ2n) is 15.7. The van der Waals surface area contributed by atoms with Gasteiger partial charge in [-0.05, 0) is 105 Å². The molecule has 0 saturated carbocycles. The summed E-state index contributed by atoms with van der Waals surface area (Å²) in [6, 6.07) is 76.3. The van der Waals surface area contributed by atoms with E-state index in [9.17, 15) is 0 Å². The fourth-order valence-corrected chi connectivity index (χ4v) is 10.9. The Hall–Kier alpha value is -7.46. The fourth-order valence-electron chi connectivity index (χ4n) is 9.77. The Morgan fingerprint density at radius 1 is 0.305 bits per heavy atom. The van der Waals surface area contributed by atoms with Crippen LogP contribution in [0, 0.1) is 0 Å². The molecule has 10 aromatic carbocycles. The molecule has 274 valence electrons. The Labute approximate surface area is 344 Å². The van der Waals surface area contributed by atoms with Gasteiger partial charge in [-0.3, -0.25) is 0 Å². The van der Waals surface area contributed by atoms with E-state index in [-0.39, 0.29) is 0 Å². The van der Waals surface area contributed by atoms with E-state index in [0.29, 0.717) is 0 Å². The molecule has 0 amide bonds. The lowest BCUT2D eigenvalue weighted by Crippen LogP contribution is -1.95. The number of para-hydroxylation sites is 1. The Balaban J connectivity index is 1.02. The van der Waals surface area contributed by atoms with E-state index < -0.39 is 0 Å². The molecule has 3 aromatic heterocycles. The summed E-state index contributed by atoms with van der Waals surface area (Å²) >= 11 is 1.87. The lowest BCUT2D eigenvalue weighted by Gasteiger charge is -2.12. The summed E-state index contributed by atoms with van der Waals surface area (Å²) in [5, 5.41) is 12.6. The summed E-state index contributed by atoms with van der Waals surface area (Å²) in [6.45, 7) is 0. The average Bonchev–Trinajstić information content (AvgIpc) is 3.96. The minimum Gasteiger partial charge on any atom is -0.309 e. The molecule has 0 N–H and O–H groups in total. The van der Waals surface area contributed by atoms with Crippen LogP contribution in [-0.2, 0) is 0 Å². The molecule has 13 rings (SSSR count). The molecular weight excluding hydrogens is 733 g/mol. The standard InChI is InChI=1S/C56H34N2S/c1-2-11-35(12-3-1)38-22-21-36-23-27-42(32-41(36)31-38)57-50-29-25-40(34-48(50)45-28-24-37-13-4-5-14-43(37)56(45)57)39-26-30-51-47(33-39)44-15-6-8-17-49(44)58(51)52-18-10-20-54-55(52)46-16-7-9-19-53(46)59-54/h1-34H. The third-order valence-corrected chi connectivity index (χ3v) is 13.6. The molecule has 0 aliphatic rings. The van der Waals surface area contributed by atoms with Crippen LogP contribution in [-0.4, -0.2) is 9.13 Å². The van der Waals surface area contributed by atoms with Crippen molar-refractivity contribution in [1.29, 1.82) is 0 Å². The second-order valence-corrected chi connectivity index (χ2v) is 16.8. The minimum atomic E-state index is 1.16. The number of hydrogen-bond donors (Lipinski definition) is 0. The van der Waals surface area contributed by atoms with Crippen molar-refractivity contribution in [2.45, 2.75) is 0 Å². The molecule has 0 atom stereocenters. The molecule has 0 bridgehead atoms. The number of benzene rings is 10. The highest BCUT2D eigenvalue weighted by molar-refractivity contribution is 7.25. The predicted octanol–water partition coefficient (Wildman–Crippen LogP) is 15.9. The third kappa shape index (κ3) is 4.86. The number of nitrogens with zero attached hydrogens (tertiary/aromatic N) is 2. The van der Waals surface area contributed by atoms with E-state index in [1.807, 2.05) is 11.3 Å². The van der Waals surface area contributed by atoms with Gasteiger partial charge in [0.25, 0.3) is 0 Å². The molecule has 0 unspecified atom stereocenters. The van der Waals surface area contributed by atoms with Crippen LogP contribution in [0.25, 0.3) is 119 Å². The van der Waals surface area contributed by atoms with Gasteiger partial charge in [-0.15, -0.1) is 11.3 Å². The summed E-state index contributed by atoms with van der Waals surface area (Å²) < 4.78 is 7.59. The highest BCUT2D eigenvalue weighted by atomic mass is 32.1. The van der Waals surface area contributed by atoms with Gasteiger partial charge in [-0.2, -0.15) is 0 Å². The SMILES string of the molecule is c1ccc(-c2ccc3ccc(-n4c5ccc(-c6ccc7c(c6)c6ccccc6n7-c6cccc7sc8ccccc8c67)cc5c5ccc6ccccc6c54)cc3c2)cc1. The van der Waals surface area contributed by atoms with Gasteiger partial charge in [0, 0.05) is 52.8 Å². The lowest BCUT2D eigenvalue weighted by atomic mass is 10.00. The zero-order chi connectivity index (χ0) is 38.6. The van der Waals surface area contributed by atoms with Gasteiger partial charge in [0.15, 0.2) is 0 Å². The third-order valence-electron chi connectivity index (χ3n) is 12.5. The normalized spacial score (nSPS) is 12.1. The summed E-state index contributed by atoms with van der Waals surface area (Å²) in [4.78, 5) is 0. The molecule has 3 heteroatoms. The van der Waals surface area contributed by atoms with Crippen molar-refractivity contribution < 1.29 is 0 Å². The topological polar surface area (TPSA) is 9.86 Å². The van der Waals surface area contributed by atoms with Crippen LogP contribution < -0.4 is 0 Å². The Bertz CT molecular complexity index is 3840. The van der Waals surface area contributed by atoms with E-state index in [2.05, 4.69) is 215 Å². The lowest BCUT2D eigenvalue weighted by molar-refractivity contribution is 1.19. The Morgan fingerprint density at radius 2 is 0.932 bits per heavy atom. The van der Waals surface area contributed by atoms with Crippen molar-refractivity contribution in [3.63, 3.8) is 0 Å². The molecule has 0 radical (unpaired) electrons. The van der Waals surface area contributed by atoms with E-state index in [1.54, 1.807) is 0 Å². The van der Waals surface area contributed by atoms with Gasteiger partial charge in [-0.25, -0.2) is 0 Å². The number of aromatic nitrogens is 2. The zero-order valence-electron chi connectivity index (χ0n) is 31.9. The molecular formula is C56H34N2S. The van der Waals surface area contributed by atoms with Crippen LogP contribution in [0.15, 0.2) is 206 Å². The number of thiophene rings is 1. The quantitative estimate of drug-likeness (QED) is 0.169. The van der Waals surface area contributed by atoms with Crippen molar-refractivity contribution in [2.75, 3.05) is 0 Å². The Morgan fingerprint density at radius 3 is 1.80 bits per heavy atom.